The Hall–Kier alpha value is -1.93. The smallest absolute Gasteiger partial charge is 0.247 e. The molecule has 154 valence electrons. The third kappa shape index (κ3) is 4.07. The molecule has 1 aliphatic heterocycles. The zero-order valence-corrected chi connectivity index (χ0v) is 17.8. The number of benzene rings is 1. The first-order chi connectivity index (χ1) is 13.0. The number of piperazine rings is 1. The number of sulfonamides is 1. The largest absolute Gasteiger partial charge is 0.351 e. The van der Waals surface area contributed by atoms with Crippen LogP contribution in [0.25, 0.3) is 0 Å². The SMILES string of the molecule is Cc1cc(C)cc(N2C(=O)CN(S(C)(=O)=O)C[C@]2(C)C(=O)NC2CCCC2)c1. The molecule has 2 fully saturated rings. The van der Waals surface area contributed by atoms with Crippen molar-refractivity contribution in [1.82, 2.24) is 9.62 Å². The lowest BCUT2D eigenvalue weighted by atomic mass is 9.93. The van der Waals surface area contributed by atoms with Crippen molar-refractivity contribution in [2.75, 3.05) is 24.2 Å². The lowest BCUT2D eigenvalue weighted by Gasteiger charge is -2.47. The van der Waals surface area contributed by atoms with E-state index in [4.69, 9.17) is 0 Å². The predicted octanol–water partition coefficient (Wildman–Crippen LogP) is 1.73. The number of aryl methyl sites for hydroxylation is 2. The minimum atomic E-state index is -3.61. The lowest BCUT2D eigenvalue weighted by Crippen LogP contribution is -2.70. The fourth-order valence-corrected chi connectivity index (χ4v) is 5.13. The summed E-state index contributed by atoms with van der Waals surface area (Å²) in [7, 11) is -3.61. The number of anilines is 1. The number of rotatable bonds is 4. The monoisotopic (exact) mass is 407 g/mol. The van der Waals surface area contributed by atoms with Crippen LogP contribution in [-0.2, 0) is 19.6 Å². The second-order valence-corrected chi connectivity index (χ2v) is 10.3. The summed E-state index contributed by atoms with van der Waals surface area (Å²) >= 11 is 0. The quantitative estimate of drug-likeness (QED) is 0.824. The van der Waals surface area contributed by atoms with Gasteiger partial charge in [0.15, 0.2) is 0 Å². The molecule has 1 aromatic rings. The van der Waals surface area contributed by atoms with Gasteiger partial charge < -0.3 is 5.32 Å². The predicted molar refractivity (Wildman–Crippen MR) is 109 cm³/mol. The van der Waals surface area contributed by atoms with E-state index in [-0.39, 0.29) is 25.0 Å². The van der Waals surface area contributed by atoms with Gasteiger partial charge in [0.1, 0.15) is 5.54 Å². The molecular formula is C20H29N3O4S. The van der Waals surface area contributed by atoms with Crippen molar-refractivity contribution in [3.8, 4) is 0 Å². The maximum Gasteiger partial charge on any atom is 0.247 e. The van der Waals surface area contributed by atoms with Crippen LogP contribution in [0.15, 0.2) is 18.2 Å². The Bertz CT molecular complexity index is 872. The van der Waals surface area contributed by atoms with Crippen LogP contribution in [0.1, 0.15) is 43.7 Å². The number of nitrogens with one attached hydrogen (secondary N) is 1. The summed E-state index contributed by atoms with van der Waals surface area (Å²) in [5, 5.41) is 3.06. The van der Waals surface area contributed by atoms with Crippen LogP contribution in [-0.4, -0.2) is 55.5 Å². The fraction of sp³-hybridized carbons (Fsp3) is 0.600. The van der Waals surface area contributed by atoms with Crippen LogP contribution in [0.3, 0.4) is 0 Å². The molecule has 2 amide bonds. The van der Waals surface area contributed by atoms with E-state index in [1.807, 2.05) is 32.0 Å². The van der Waals surface area contributed by atoms with Crippen LogP contribution in [0.4, 0.5) is 5.69 Å². The molecule has 0 bridgehead atoms. The normalized spacial score (nSPS) is 24.6. The number of hydrogen-bond donors (Lipinski definition) is 1. The summed E-state index contributed by atoms with van der Waals surface area (Å²) in [6.07, 6.45) is 5.03. The topological polar surface area (TPSA) is 86.8 Å². The minimum Gasteiger partial charge on any atom is -0.351 e. The highest BCUT2D eigenvalue weighted by Gasteiger charge is 2.50. The van der Waals surface area contributed by atoms with Crippen LogP contribution in [0, 0.1) is 13.8 Å². The molecule has 7 nitrogen and oxygen atoms in total. The first-order valence-electron chi connectivity index (χ1n) is 9.68. The molecule has 1 aliphatic carbocycles. The molecule has 8 heteroatoms. The molecule has 0 radical (unpaired) electrons. The molecule has 1 heterocycles. The Morgan fingerprint density at radius 3 is 2.25 bits per heavy atom. The maximum atomic E-state index is 13.3. The first-order valence-corrected chi connectivity index (χ1v) is 11.5. The summed E-state index contributed by atoms with van der Waals surface area (Å²) in [5.41, 5.74) is 1.26. The van der Waals surface area contributed by atoms with E-state index in [1.165, 1.54) is 4.90 Å². The molecular weight excluding hydrogens is 378 g/mol. The van der Waals surface area contributed by atoms with E-state index in [0.29, 0.717) is 5.69 Å². The molecule has 28 heavy (non-hydrogen) atoms. The van der Waals surface area contributed by atoms with Crippen molar-refractivity contribution in [3.05, 3.63) is 29.3 Å². The highest BCUT2D eigenvalue weighted by molar-refractivity contribution is 7.88. The number of carbonyl (C=O) groups is 2. The molecule has 3 rings (SSSR count). The van der Waals surface area contributed by atoms with Crippen molar-refractivity contribution in [3.63, 3.8) is 0 Å². The Balaban J connectivity index is 2.03. The van der Waals surface area contributed by atoms with Gasteiger partial charge in [-0.1, -0.05) is 18.9 Å². The van der Waals surface area contributed by atoms with Gasteiger partial charge in [0.25, 0.3) is 0 Å². The van der Waals surface area contributed by atoms with Gasteiger partial charge in [-0.3, -0.25) is 14.5 Å². The summed E-state index contributed by atoms with van der Waals surface area (Å²) in [4.78, 5) is 27.9. The van der Waals surface area contributed by atoms with Gasteiger partial charge in [-0.2, -0.15) is 4.31 Å². The molecule has 1 N–H and O–H groups in total. The molecule has 1 atom stereocenters. The molecule has 1 saturated carbocycles. The van der Waals surface area contributed by atoms with E-state index in [9.17, 15) is 18.0 Å². The number of carbonyl (C=O) groups excluding carboxylic acids is 2. The third-order valence-corrected chi connectivity index (χ3v) is 6.85. The van der Waals surface area contributed by atoms with E-state index in [2.05, 4.69) is 5.32 Å². The zero-order chi connectivity index (χ0) is 20.7. The van der Waals surface area contributed by atoms with Gasteiger partial charge in [-0.25, -0.2) is 8.42 Å². The first kappa shape index (κ1) is 20.8. The zero-order valence-electron chi connectivity index (χ0n) is 17.0. The number of amides is 2. The molecule has 0 unspecified atom stereocenters. The second-order valence-electron chi connectivity index (χ2n) is 8.33. The van der Waals surface area contributed by atoms with Crippen LogP contribution >= 0.6 is 0 Å². The number of nitrogens with zero attached hydrogens (tertiary/aromatic N) is 2. The van der Waals surface area contributed by atoms with Gasteiger partial charge >= 0.3 is 0 Å². The fourth-order valence-electron chi connectivity index (χ4n) is 4.29. The van der Waals surface area contributed by atoms with E-state index in [1.54, 1.807) is 6.92 Å². The Morgan fingerprint density at radius 2 is 1.71 bits per heavy atom. The molecule has 2 aliphatic rings. The van der Waals surface area contributed by atoms with Gasteiger partial charge in [0.05, 0.1) is 12.8 Å². The highest BCUT2D eigenvalue weighted by atomic mass is 32.2. The summed E-state index contributed by atoms with van der Waals surface area (Å²) in [6.45, 7) is 5.19. The summed E-state index contributed by atoms with van der Waals surface area (Å²) in [5.74, 6) is -0.703. The molecule has 1 saturated heterocycles. The van der Waals surface area contributed by atoms with Crippen molar-refractivity contribution >= 4 is 27.5 Å². The van der Waals surface area contributed by atoms with Gasteiger partial charge in [-0.15, -0.1) is 0 Å². The highest BCUT2D eigenvalue weighted by Crippen LogP contribution is 2.32. The van der Waals surface area contributed by atoms with Crippen molar-refractivity contribution in [1.29, 1.82) is 0 Å². The van der Waals surface area contributed by atoms with E-state index >= 15 is 0 Å². The number of hydrogen-bond acceptors (Lipinski definition) is 4. The summed E-state index contributed by atoms with van der Waals surface area (Å²) in [6, 6.07) is 5.80. The van der Waals surface area contributed by atoms with Gasteiger partial charge in [0.2, 0.25) is 21.8 Å². The lowest BCUT2D eigenvalue weighted by molar-refractivity contribution is -0.133. The summed E-state index contributed by atoms with van der Waals surface area (Å²) < 4.78 is 25.4. The molecule has 0 aromatic heterocycles. The Morgan fingerprint density at radius 1 is 1.14 bits per heavy atom. The van der Waals surface area contributed by atoms with E-state index < -0.39 is 21.5 Å². The van der Waals surface area contributed by atoms with Crippen LogP contribution < -0.4 is 10.2 Å². The van der Waals surface area contributed by atoms with Crippen molar-refractivity contribution in [2.24, 2.45) is 0 Å². The maximum absolute atomic E-state index is 13.3. The second kappa shape index (κ2) is 7.48. The average molecular weight is 408 g/mol. The van der Waals surface area contributed by atoms with Crippen LogP contribution in [0.2, 0.25) is 0 Å². The standard InChI is InChI=1S/C20H29N3O4S/c1-14-9-15(2)11-17(10-14)23-18(24)12-22(28(4,26)27)13-20(23,3)19(25)21-16-7-5-6-8-16/h9-11,16H,5-8,12-13H2,1-4H3,(H,21,25)/t20-/m1/s1. The molecule has 0 spiro atoms. The Kier molecular flexibility index (Phi) is 5.55. The van der Waals surface area contributed by atoms with Gasteiger partial charge in [-0.05, 0) is 56.9 Å². The van der Waals surface area contributed by atoms with E-state index in [0.717, 1.165) is 47.4 Å². The Labute approximate surface area is 167 Å². The average Bonchev–Trinajstić information content (AvgIpc) is 3.05. The molecule has 1 aromatic carbocycles. The minimum absolute atomic E-state index is 0.0664. The van der Waals surface area contributed by atoms with Crippen molar-refractivity contribution < 1.29 is 18.0 Å². The van der Waals surface area contributed by atoms with Gasteiger partial charge in [0, 0.05) is 18.3 Å². The van der Waals surface area contributed by atoms with Crippen LogP contribution in [0.5, 0.6) is 0 Å². The van der Waals surface area contributed by atoms with Crippen molar-refractivity contribution in [2.45, 2.75) is 58.0 Å². The third-order valence-electron chi connectivity index (χ3n) is 5.65.